The van der Waals surface area contributed by atoms with Gasteiger partial charge in [0, 0.05) is 18.0 Å². The van der Waals surface area contributed by atoms with E-state index in [1.165, 1.54) is 19.2 Å². The number of hydrogen-bond acceptors (Lipinski definition) is 5. The quantitative estimate of drug-likeness (QED) is 0.623. The van der Waals surface area contributed by atoms with Crippen LogP contribution in [-0.2, 0) is 10.0 Å². The molecule has 0 radical (unpaired) electrons. The van der Waals surface area contributed by atoms with Crippen LogP contribution in [0.15, 0.2) is 48.0 Å². The SMILES string of the molecule is C=CCC(NC(=O)c1cc(S(=O)(=O)NC)cc2c1OCCO2)c1ccc[nH]1. The van der Waals surface area contributed by atoms with E-state index >= 15 is 0 Å². The number of aromatic amines is 1. The number of amides is 1. The summed E-state index contributed by atoms with van der Waals surface area (Å²) in [6, 6.07) is 5.98. The molecule has 2 aromatic rings. The number of rotatable bonds is 7. The Balaban J connectivity index is 2.00. The van der Waals surface area contributed by atoms with E-state index in [0.717, 1.165) is 5.69 Å². The number of hydrogen-bond donors (Lipinski definition) is 3. The highest BCUT2D eigenvalue weighted by Crippen LogP contribution is 2.37. The summed E-state index contributed by atoms with van der Waals surface area (Å²) in [6.45, 7) is 4.27. The van der Waals surface area contributed by atoms with Crippen molar-refractivity contribution in [2.24, 2.45) is 0 Å². The molecular formula is C18H21N3O5S. The molecule has 0 aliphatic carbocycles. The summed E-state index contributed by atoms with van der Waals surface area (Å²) in [5.41, 5.74) is 0.912. The van der Waals surface area contributed by atoms with Crippen molar-refractivity contribution in [3.63, 3.8) is 0 Å². The number of H-pyrrole nitrogens is 1. The number of nitrogens with one attached hydrogen (secondary N) is 3. The summed E-state index contributed by atoms with van der Waals surface area (Å²) >= 11 is 0. The van der Waals surface area contributed by atoms with Gasteiger partial charge in [-0.2, -0.15) is 0 Å². The predicted molar refractivity (Wildman–Crippen MR) is 99.5 cm³/mol. The van der Waals surface area contributed by atoms with Crippen molar-refractivity contribution in [2.45, 2.75) is 17.4 Å². The Morgan fingerprint density at radius 2 is 2.15 bits per heavy atom. The summed E-state index contributed by atoms with van der Waals surface area (Å²) < 4.78 is 37.8. The number of carbonyl (C=O) groups excluding carboxylic acids is 1. The highest BCUT2D eigenvalue weighted by atomic mass is 32.2. The first-order chi connectivity index (χ1) is 13.0. The van der Waals surface area contributed by atoms with Crippen LogP contribution in [0.3, 0.4) is 0 Å². The van der Waals surface area contributed by atoms with Crippen LogP contribution < -0.4 is 19.5 Å². The Kier molecular flexibility index (Phi) is 5.52. The van der Waals surface area contributed by atoms with Crippen molar-refractivity contribution in [1.82, 2.24) is 15.0 Å². The molecule has 2 heterocycles. The Bertz CT molecular complexity index is 938. The molecule has 0 spiro atoms. The van der Waals surface area contributed by atoms with Crippen LogP contribution in [0.4, 0.5) is 0 Å². The molecule has 1 aromatic heterocycles. The molecule has 0 saturated heterocycles. The van der Waals surface area contributed by atoms with E-state index < -0.39 is 15.9 Å². The lowest BCUT2D eigenvalue weighted by atomic mass is 10.1. The van der Waals surface area contributed by atoms with Crippen LogP contribution in [0.1, 0.15) is 28.5 Å². The van der Waals surface area contributed by atoms with Gasteiger partial charge in [-0.05, 0) is 31.7 Å². The number of sulfonamides is 1. The second-order valence-electron chi connectivity index (χ2n) is 5.88. The number of fused-ring (bicyclic) bond motifs is 1. The van der Waals surface area contributed by atoms with Crippen molar-refractivity contribution >= 4 is 15.9 Å². The third-order valence-corrected chi connectivity index (χ3v) is 5.54. The van der Waals surface area contributed by atoms with E-state index in [1.54, 1.807) is 12.3 Å². The van der Waals surface area contributed by atoms with Gasteiger partial charge in [-0.15, -0.1) is 6.58 Å². The summed E-state index contributed by atoms with van der Waals surface area (Å²) in [6.07, 6.45) is 3.96. The van der Waals surface area contributed by atoms with Gasteiger partial charge < -0.3 is 19.8 Å². The molecule has 3 N–H and O–H groups in total. The van der Waals surface area contributed by atoms with Gasteiger partial charge in [0.05, 0.1) is 16.5 Å². The number of carbonyl (C=O) groups is 1. The maximum absolute atomic E-state index is 13.0. The molecule has 9 heteroatoms. The molecule has 0 saturated carbocycles. The Morgan fingerprint density at radius 3 is 2.81 bits per heavy atom. The topological polar surface area (TPSA) is 110 Å². The molecule has 8 nitrogen and oxygen atoms in total. The van der Waals surface area contributed by atoms with Gasteiger partial charge in [0.2, 0.25) is 10.0 Å². The predicted octanol–water partition coefficient (Wildman–Crippen LogP) is 1.74. The molecule has 1 aliphatic rings. The van der Waals surface area contributed by atoms with Crippen LogP contribution in [0.25, 0.3) is 0 Å². The van der Waals surface area contributed by atoms with Crippen molar-refractivity contribution in [3.8, 4) is 11.5 Å². The fraction of sp³-hybridized carbons (Fsp3) is 0.278. The average molecular weight is 391 g/mol. The van der Waals surface area contributed by atoms with E-state index in [2.05, 4.69) is 21.6 Å². The van der Waals surface area contributed by atoms with Gasteiger partial charge in [0.15, 0.2) is 11.5 Å². The van der Waals surface area contributed by atoms with Crippen molar-refractivity contribution in [2.75, 3.05) is 20.3 Å². The fourth-order valence-corrected chi connectivity index (χ4v) is 3.57. The zero-order valence-electron chi connectivity index (χ0n) is 14.8. The second kappa shape index (κ2) is 7.85. The molecule has 1 amide bonds. The molecular weight excluding hydrogens is 370 g/mol. The molecule has 3 rings (SSSR count). The summed E-state index contributed by atoms with van der Waals surface area (Å²) in [5, 5.41) is 2.89. The van der Waals surface area contributed by atoms with E-state index in [1.807, 2.05) is 12.1 Å². The van der Waals surface area contributed by atoms with Gasteiger partial charge in [-0.3, -0.25) is 4.79 Å². The number of benzene rings is 1. The van der Waals surface area contributed by atoms with Gasteiger partial charge in [-0.1, -0.05) is 6.08 Å². The summed E-state index contributed by atoms with van der Waals surface area (Å²) in [5.74, 6) is -0.00753. The Labute approximate surface area is 157 Å². The smallest absolute Gasteiger partial charge is 0.255 e. The van der Waals surface area contributed by atoms with Crippen LogP contribution in [0, 0.1) is 0 Å². The fourth-order valence-electron chi connectivity index (χ4n) is 2.80. The lowest BCUT2D eigenvalue weighted by Crippen LogP contribution is -2.30. The van der Waals surface area contributed by atoms with Crippen molar-refractivity contribution < 1.29 is 22.7 Å². The van der Waals surface area contributed by atoms with Gasteiger partial charge >= 0.3 is 0 Å². The minimum absolute atomic E-state index is 0.0699. The molecule has 1 unspecified atom stereocenters. The first kappa shape index (κ1) is 19.0. The lowest BCUT2D eigenvalue weighted by Gasteiger charge is -2.23. The highest BCUT2D eigenvalue weighted by Gasteiger charge is 2.27. The number of aromatic nitrogens is 1. The molecule has 0 fully saturated rings. The van der Waals surface area contributed by atoms with Crippen LogP contribution in [0.2, 0.25) is 0 Å². The third-order valence-electron chi connectivity index (χ3n) is 4.14. The zero-order valence-corrected chi connectivity index (χ0v) is 15.6. The zero-order chi connectivity index (χ0) is 19.4. The number of ether oxygens (including phenoxy) is 2. The maximum Gasteiger partial charge on any atom is 0.255 e. The molecule has 1 aliphatic heterocycles. The maximum atomic E-state index is 13.0. The molecule has 144 valence electrons. The van der Waals surface area contributed by atoms with Gasteiger partial charge in [0.1, 0.15) is 13.2 Å². The first-order valence-electron chi connectivity index (χ1n) is 8.38. The Morgan fingerprint density at radius 1 is 1.37 bits per heavy atom. The van der Waals surface area contributed by atoms with Gasteiger partial charge in [-0.25, -0.2) is 13.1 Å². The summed E-state index contributed by atoms with van der Waals surface area (Å²) in [7, 11) is -2.45. The van der Waals surface area contributed by atoms with E-state index in [4.69, 9.17) is 9.47 Å². The minimum atomic E-state index is -3.76. The van der Waals surface area contributed by atoms with Crippen molar-refractivity contribution in [3.05, 3.63) is 54.4 Å². The second-order valence-corrected chi connectivity index (χ2v) is 7.76. The standard InChI is InChI=1S/C18H21N3O5S/c1-3-5-15(14-6-4-7-20-14)21-18(22)13-10-12(27(23,24)19-2)11-16-17(13)26-9-8-25-16/h3-4,6-7,10-11,15,19-20H,1,5,8-9H2,2H3,(H,21,22). The molecule has 27 heavy (non-hydrogen) atoms. The summed E-state index contributed by atoms with van der Waals surface area (Å²) in [4.78, 5) is 15.9. The monoisotopic (exact) mass is 391 g/mol. The van der Waals surface area contributed by atoms with E-state index in [9.17, 15) is 13.2 Å². The van der Waals surface area contributed by atoms with Crippen LogP contribution in [0.5, 0.6) is 11.5 Å². The van der Waals surface area contributed by atoms with Crippen LogP contribution >= 0.6 is 0 Å². The normalized spacial score (nSPS) is 14.4. The molecule has 0 bridgehead atoms. The van der Waals surface area contributed by atoms with Crippen molar-refractivity contribution in [1.29, 1.82) is 0 Å². The first-order valence-corrected chi connectivity index (χ1v) is 9.87. The molecule has 1 aromatic carbocycles. The largest absolute Gasteiger partial charge is 0.486 e. The van der Waals surface area contributed by atoms with E-state index in [0.29, 0.717) is 6.42 Å². The van der Waals surface area contributed by atoms with Crippen LogP contribution in [-0.4, -0.2) is 39.6 Å². The molecule has 1 atom stereocenters. The van der Waals surface area contributed by atoms with Gasteiger partial charge in [0.25, 0.3) is 5.91 Å². The minimum Gasteiger partial charge on any atom is -0.486 e. The lowest BCUT2D eigenvalue weighted by molar-refractivity contribution is 0.0924. The average Bonchev–Trinajstić information content (AvgIpc) is 3.21. The Hall–Kier alpha value is -2.78. The van der Waals surface area contributed by atoms with E-state index in [-0.39, 0.29) is 41.2 Å². The third kappa shape index (κ3) is 3.99. The highest BCUT2D eigenvalue weighted by molar-refractivity contribution is 7.89.